The molecule has 0 atom stereocenters. The Kier molecular flexibility index (Phi) is 5.58. The van der Waals surface area contributed by atoms with E-state index in [1.807, 2.05) is 6.92 Å². The lowest BCUT2D eigenvalue weighted by Gasteiger charge is -2.08. The molecule has 3 nitrogen and oxygen atoms in total. The van der Waals surface area contributed by atoms with Crippen molar-refractivity contribution in [2.24, 2.45) is 5.14 Å². The summed E-state index contributed by atoms with van der Waals surface area (Å²) in [6.07, 6.45) is 5.97. The van der Waals surface area contributed by atoms with Gasteiger partial charge in [-0.15, -0.1) is 0 Å². The highest BCUT2D eigenvalue weighted by Gasteiger charge is 2.15. The normalized spacial score (nSPS) is 12.5. The van der Waals surface area contributed by atoms with E-state index in [2.05, 4.69) is 26.3 Å². The molecule has 0 fully saturated rings. The Morgan fingerprint density at radius 3 is 2.06 bits per heavy atom. The quantitative estimate of drug-likeness (QED) is 0.738. The number of nitrogens with two attached hydrogens (primary N) is 1. The van der Waals surface area contributed by atoms with Crippen LogP contribution < -0.4 is 5.14 Å². The Morgan fingerprint density at radius 2 is 1.71 bits per heavy atom. The summed E-state index contributed by atoms with van der Waals surface area (Å²) in [5, 5.41) is 5.07. The molecule has 0 aromatic heterocycles. The predicted octanol–water partition coefficient (Wildman–Crippen LogP) is 2.59. The van der Waals surface area contributed by atoms with Crippen LogP contribution in [0.1, 0.15) is 6.92 Å². The smallest absolute Gasteiger partial charge is 0.225 e. The second-order valence-electron chi connectivity index (χ2n) is 3.50. The van der Waals surface area contributed by atoms with Gasteiger partial charge in [-0.25, -0.2) is 13.6 Å². The van der Waals surface area contributed by atoms with Gasteiger partial charge in [-0.3, -0.25) is 0 Å². The fraction of sp³-hybridized carbons (Fsp3) is 0.0769. The van der Waals surface area contributed by atoms with Gasteiger partial charge in [-0.2, -0.15) is 0 Å². The Bertz CT molecular complexity index is 520. The summed E-state index contributed by atoms with van der Waals surface area (Å²) >= 11 is 0. The fourth-order valence-corrected chi connectivity index (χ4v) is 1.74. The molecule has 0 aromatic carbocycles. The van der Waals surface area contributed by atoms with Gasteiger partial charge in [-0.05, 0) is 24.1 Å². The molecule has 0 saturated heterocycles. The van der Waals surface area contributed by atoms with Crippen LogP contribution in [-0.2, 0) is 10.0 Å². The van der Waals surface area contributed by atoms with Crippen molar-refractivity contribution in [3.8, 4) is 0 Å². The summed E-state index contributed by atoms with van der Waals surface area (Å²) in [5.41, 5.74) is 1.52. The first-order valence-corrected chi connectivity index (χ1v) is 6.32. The SMILES string of the molecule is C=C/C=C(\C(=C)C(=C)/C=C\C(=C)C)S(N)(=O)=O. The van der Waals surface area contributed by atoms with E-state index in [-0.39, 0.29) is 10.5 Å². The van der Waals surface area contributed by atoms with Crippen LogP contribution in [0.2, 0.25) is 0 Å². The second-order valence-corrected chi connectivity index (χ2v) is 5.02. The zero-order valence-corrected chi connectivity index (χ0v) is 10.8. The molecule has 0 rings (SSSR count). The molecule has 0 aromatic rings. The molecule has 17 heavy (non-hydrogen) atoms. The summed E-state index contributed by atoms with van der Waals surface area (Å²) in [5.74, 6) is 0. The van der Waals surface area contributed by atoms with E-state index in [9.17, 15) is 8.42 Å². The lowest BCUT2D eigenvalue weighted by Crippen LogP contribution is -2.16. The molecular weight excluding hydrogens is 234 g/mol. The van der Waals surface area contributed by atoms with Crippen LogP contribution in [0.25, 0.3) is 0 Å². The van der Waals surface area contributed by atoms with Crippen molar-refractivity contribution < 1.29 is 8.42 Å². The first kappa shape index (κ1) is 15.4. The van der Waals surface area contributed by atoms with Gasteiger partial charge in [0.15, 0.2) is 0 Å². The van der Waals surface area contributed by atoms with Crippen molar-refractivity contribution in [1.82, 2.24) is 0 Å². The lowest BCUT2D eigenvalue weighted by molar-refractivity contribution is 0.604. The number of hydrogen-bond donors (Lipinski definition) is 1. The van der Waals surface area contributed by atoms with Crippen molar-refractivity contribution in [3.63, 3.8) is 0 Å². The van der Waals surface area contributed by atoms with Crippen LogP contribution in [0.3, 0.4) is 0 Å². The number of sulfonamides is 1. The largest absolute Gasteiger partial charge is 0.238 e. The number of hydrogen-bond acceptors (Lipinski definition) is 2. The maximum absolute atomic E-state index is 11.3. The van der Waals surface area contributed by atoms with Crippen molar-refractivity contribution in [1.29, 1.82) is 0 Å². The van der Waals surface area contributed by atoms with Gasteiger partial charge in [0, 0.05) is 0 Å². The molecule has 0 aliphatic rings. The molecule has 0 amide bonds. The topological polar surface area (TPSA) is 60.2 Å². The van der Waals surface area contributed by atoms with Crippen molar-refractivity contribution in [2.45, 2.75) is 6.92 Å². The molecule has 0 unspecified atom stereocenters. The van der Waals surface area contributed by atoms with Crippen LogP contribution in [0.5, 0.6) is 0 Å². The third kappa shape index (κ3) is 5.29. The first-order chi connectivity index (χ1) is 7.70. The zero-order valence-electron chi connectivity index (χ0n) is 9.94. The minimum absolute atomic E-state index is 0.0936. The van der Waals surface area contributed by atoms with Crippen LogP contribution >= 0.6 is 0 Å². The number of primary sulfonamides is 1. The molecule has 0 saturated carbocycles. The molecule has 0 bridgehead atoms. The van der Waals surface area contributed by atoms with Crippen molar-refractivity contribution in [3.05, 3.63) is 72.2 Å². The fourth-order valence-electron chi connectivity index (χ4n) is 0.976. The predicted molar refractivity (Wildman–Crippen MR) is 73.6 cm³/mol. The van der Waals surface area contributed by atoms with Crippen LogP contribution in [0.4, 0.5) is 0 Å². The van der Waals surface area contributed by atoms with Crippen molar-refractivity contribution >= 4 is 10.0 Å². The Balaban J connectivity index is 5.28. The average molecular weight is 251 g/mol. The molecular formula is C13H17NO2S. The van der Waals surface area contributed by atoms with Gasteiger partial charge >= 0.3 is 0 Å². The van der Waals surface area contributed by atoms with Gasteiger partial charge in [0.05, 0.1) is 4.91 Å². The zero-order chi connectivity index (χ0) is 13.6. The molecule has 4 heteroatoms. The minimum atomic E-state index is -3.84. The van der Waals surface area contributed by atoms with E-state index in [1.54, 1.807) is 12.2 Å². The van der Waals surface area contributed by atoms with Crippen LogP contribution in [0, 0.1) is 0 Å². The van der Waals surface area contributed by atoms with Crippen LogP contribution in [-0.4, -0.2) is 8.42 Å². The van der Waals surface area contributed by atoms with Gasteiger partial charge < -0.3 is 0 Å². The summed E-state index contributed by atoms with van der Waals surface area (Å²) in [6, 6.07) is 0. The van der Waals surface area contributed by atoms with Crippen LogP contribution in [0.15, 0.2) is 72.2 Å². The molecule has 0 aliphatic carbocycles. The second kappa shape index (κ2) is 6.18. The van der Waals surface area contributed by atoms with Crippen molar-refractivity contribution in [2.75, 3.05) is 0 Å². The first-order valence-electron chi connectivity index (χ1n) is 4.77. The highest BCUT2D eigenvalue weighted by molar-refractivity contribution is 7.93. The minimum Gasteiger partial charge on any atom is -0.225 e. The third-order valence-electron chi connectivity index (χ3n) is 1.83. The standard InChI is InChI=1S/C13H17NO2S/c1-6-7-13(17(14,15)16)12(5)11(4)9-8-10(2)3/h6-9H,1-2,4-5H2,3H3,(H2,14,15,16)/b9-8-,13-7+. The van der Waals surface area contributed by atoms with E-state index in [0.717, 1.165) is 5.57 Å². The lowest BCUT2D eigenvalue weighted by atomic mass is 10.1. The highest BCUT2D eigenvalue weighted by Crippen LogP contribution is 2.21. The molecule has 0 spiro atoms. The maximum atomic E-state index is 11.3. The molecule has 0 radical (unpaired) electrons. The van der Waals surface area contributed by atoms with E-state index in [1.165, 1.54) is 12.2 Å². The number of rotatable bonds is 6. The summed E-state index contributed by atoms with van der Waals surface area (Å²) in [7, 11) is -3.84. The van der Waals surface area contributed by atoms with Gasteiger partial charge in [0.1, 0.15) is 0 Å². The summed E-state index contributed by atoms with van der Waals surface area (Å²) < 4.78 is 22.6. The molecule has 0 heterocycles. The van der Waals surface area contributed by atoms with Gasteiger partial charge in [0.2, 0.25) is 10.0 Å². The number of allylic oxidation sites excluding steroid dienone is 7. The molecule has 0 aliphatic heterocycles. The Morgan fingerprint density at radius 1 is 1.18 bits per heavy atom. The highest BCUT2D eigenvalue weighted by atomic mass is 32.2. The Hall–Kier alpha value is -1.65. The summed E-state index contributed by atoms with van der Waals surface area (Å²) in [4.78, 5) is -0.0936. The van der Waals surface area contributed by atoms with E-state index in [0.29, 0.717) is 5.57 Å². The molecule has 92 valence electrons. The monoisotopic (exact) mass is 251 g/mol. The third-order valence-corrected chi connectivity index (χ3v) is 2.83. The average Bonchev–Trinajstić information content (AvgIpc) is 2.19. The molecule has 2 N–H and O–H groups in total. The van der Waals surface area contributed by atoms with E-state index in [4.69, 9.17) is 5.14 Å². The van der Waals surface area contributed by atoms with Gasteiger partial charge in [0.25, 0.3) is 0 Å². The van der Waals surface area contributed by atoms with Gasteiger partial charge in [-0.1, -0.05) is 50.1 Å². The Labute approximate surface area is 103 Å². The van der Waals surface area contributed by atoms with E-state index < -0.39 is 10.0 Å². The maximum Gasteiger partial charge on any atom is 0.238 e. The summed E-state index contributed by atoms with van der Waals surface area (Å²) in [6.45, 7) is 16.3. The van der Waals surface area contributed by atoms with E-state index >= 15 is 0 Å².